The van der Waals surface area contributed by atoms with Crippen molar-refractivity contribution in [3.8, 4) is 0 Å². The predicted molar refractivity (Wildman–Crippen MR) is 73.7 cm³/mol. The summed E-state index contributed by atoms with van der Waals surface area (Å²) >= 11 is 0. The highest BCUT2D eigenvalue weighted by atomic mass is 16.5. The molecule has 3 fully saturated rings. The molecule has 0 aromatic heterocycles. The standard InChI is InChI=1S/C15H28N2O/c1-3-13(9-16-7-1)10-17(15-5-6-15)11-14-4-2-8-18-12-14/h13-16H,1-12H2. The van der Waals surface area contributed by atoms with Crippen LogP contribution in [0.4, 0.5) is 0 Å². The number of hydrogen-bond acceptors (Lipinski definition) is 3. The van der Waals surface area contributed by atoms with E-state index in [1.165, 1.54) is 64.7 Å². The van der Waals surface area contributed by atoms with Gasteiger partial charge in [0.25, 0.3) is 0 Å². The first-order chi connectivity index (χ1) is 8.92. The molecule has 0 amide bonds. The average molecular weight is 252 g/mol. The van der Waals surface area contributed by atoms with Crippen LogP contribution >= 0.6 is 0 Å². The lowest BCUT2D eigenvalue weighted by atomic mass is 9.97. The average Bonchev–Trinajstić information content (AvgIpc) is 3.25. The van der Waals surface area contributed by atoms with E-state index in [4.69, 9.17) is 4.74 Å². The zero-order valence-electron chi connectivity index (χ0n) is 11.6. The summed E-state index contributed by atoms with van der Waals surface area (Å²) in [5.41, 5.74) is 0. The van der Waals surface area contributed by atoms with Crippen molar-refractivity contribution in [1.82, 2.24) is 10.2 Å². The van der Waals surface area contributed by atoms with Crippen molar-refractivity contribution in [2.45, 2.75) is 44.6 Å². The summed E-state index contributed by atoms with van der Waals surface area (Å²) in [5.74, 6) is 1.69. The van der Waals surface area contributed by atoms with Crippen molar-refractivity contribution in [3.05, 3.63) is 0 Å². The molecule has 3 nitrogen and oxygen atoms in total. The van der Waals surface area contributed by atoms with Gasteiger partial charge in [0.1, 0.15) is 0 Å². The van der Waals surface area contributed by atoms with Gasteiger partial charge in [0.15, 0.2) is 0 Å². The summed E-state index contributed by atoms with van der Waals surface area (Å²) in [6.07, 6.45) is 8.33. The molecule has 0 bridgehead atoms. The highest BCUT2D eigenvalue weighted by Crippen LogP contribution is 2.30. The maximum Gasteiger partial charge on any atom is 0.0506 e. The SMILES string of the molecule is C1CNCC(CN(CC2CCCOC2)C2CC2)C1. The quantitative estimate of drug-likeness (QED) is 0.808. The lowest BCUT2D eigenvalue weighted by Gasteiger charge is -2.33. The van der Waals surface area contributed by atoms with Gasteiger partial charge in [0.05, 0.1) is 6.61 Å². The second kappa shape index (κ2) is 6.36. The Morgan fingerprint density at radius 2 is 1.83 bits per heavy atom. The van der Waals surface area contributed by atoms with Crippen LogP contribution in [-0.2, 0) is 4.74 Å². The predicted octanol–water partition coefficient (Wildman–Crippen LogP) is 1.88. The Morgan fingerprint density at radius 1 is 1.00 bits per heavy atom. The van der Waals surface area contributed by atoms with Crippen molar-refractivity contribution in [3.63, 3.8) is 0 Å². The maximum atomic E-state index is 5.63. The van der Waals surface area contributed by atoms with Gasteiger partial charge in [-0.25, -0.2) is 0 Å². The molecule has 2 saturated heterocycles. The van der Waals surface area contributed by atoms with Crippen LogP contribution in [0.3, 0.4) is 0 Å². The van der Waals surface area contributed by atoms with E-state index < -0.39 is 0 Å². The number of nitrogens with zero attached hydrogens (tertiary/aromatic N) is 1. The van der Waals surface area contributed by atoms with Gasteiger partial charge in [-0.2, -0.15) is 0 Å². The molecule has 2 heterocycles. The molecule has 3 rings (SSSR count). The van der Waals surface area contributed by atoms with Gasteiger partial charge in [0, 0.05) is 25.7 Å². The molecule has 1 N–H and O–H groups in total. The van der Waals surface area contributed by atoms with Crippen LogP contribution in [0, 0.1) is 11.8 Å². The Bertz CT molecular complexity index is 223. The van der Waals surface area contributed by atoms with Crippen molar-refractivity contribution in [2.75, 3.05) is 39.4 Å². The smallest absolute Gasteiger partial charge is 0.0506 e. The Kier molecular flexibility index (Phi) is 4.55. The summed E-state index contributed by atoms with van der Waals surface area (Å²) in [6.45, 7) is 7.09. The number of piperidine rings is 1. The van der Waals surface area contributed by atoms with Crippen molar-refractivity contribution in [1.29, 1.82) is 0 Å². The van der Waals surface area contributed by atoms with Gasteiger partial charge in [0.2, 0.25) is 0 Å². The van der Waals surface area contributed by atoms with Gasteiger partial charge in [-0.15, -0.1) is 0 Å². The van der Waals surface area contributed by atoms with Crippen LogP contribution in [0.5, 0.6) is 0 Å². The Hall–Kier alpha value is -0.120. The fraction of sp³-hybridized carbons (Fsp3) is 1.00. The van der Waals surface area contributed by atoms with Crippen LogP contribution < -0.4 is 5.32 Å². The summed E-state index contributed by atoms with van der Waals surface area (Å²) in [7, 11) is 0. The molecule has 0 radical (unpaired) electrons. The summed E-state index contributed by atoms with van der Waals surface area (Å²) in [5, 5.41) is 3.55. The Balaban J connectivity index is 1.47. The van der Waals surface area contributed by atoms with E-state index in [1.54, 1.807) is 0 Å². The molecule has 3 heteroatoms. The number of hydrogen-bond donors (Lipinski definition) is 1. The fourth-order valence-corrected chi connectivity index (χ4v) is 3.51. The summed E-state index contributed by atoms with van der Waals surface area (Å²) < 4.78 is 5.63. The molecule has 1 saturated carbocycles. The van der Waals surface area contributed by atoms with Crippen LogP contribution in [-0.4, -0.2) is 50.3 Å². The summed E-state index contributed by atoms with van der Waals surface area (Å²) in [6, 6.07) is 0.911. The molecule has 0 spiro atoms. The van der Waals surface area contributed by atoms with Gasteiger partial charge < -0.3 is 10.1 Å². The minimum atomic E-state index is 0.802. The largest absolute Gasteiger partial charge is 0.381 e. The molecule has 0 aromatic rings. The van der Waals surface area contributed by atoms with E-state index in [2.05, 4.69) is 10.2 Å². The van der Waals surface area contributed by atoms with Crippen molar-refractivity contribution < 1.29 is 4.74 Å². The molecule has 0 aromatic carbocycles. The van der Waals surface area contributed by atoms with Gasteiger partial charge in [-0.3, -0.25) is 4.90 Å². The third kappa shape index (κ3) is 3.69. The second-order valence-corrected chi connectivity index (χ2v) is 6.48. The number of ether oxygens (including phenoxy) is 1. The van der Waals surface area contributed by atoms with E-state index in [0.29, 0.717) is 0 Å². The minimum absolute atomic E-state index is 0.802. The first kappa shape index (κ1) is 12.9. The number of rotatable bonds is 5. The van der Waals surface area contributed by atoms with E-state index >= 15 is 0 Å². The van der Waals surface area contributed by atoms with E-state index in [-0.39, 0.29) is 0 Å². The van der Waals surface area contributed by atoms with Crippen LogP contribution in [0.2, 0.25) is 0 Å². The van der Waals surface area contributed by atoms with Gasteiger partial charge in [-0.05, 0) is 63.5 Å². The minimum Gasteiger partial charge on any atom is -0.381 e. The first-order valence-corrected chi connectivity index (χ1v) is 7.94. The fourth-order valence-electron chi connectivity index (χ4n) is 3.51. The molecule has 3 aliphatic rings. The van der Waals surface area contributed by atoms with Crippen LogP contribution in [0.1, 0.15) is 38.5 Å². The van der Waals surface area contributed by atoms with E-state index in [0.717, 1.165) is 31.1 Å². The highest BCUT2D eigenvalue weighted by Gasteiger charge is 2.32. The van der Waals surface area contributed by atoms with Crippen LogP contribution in [0.15, 0.2) is 0 Å². The molecule has 2 unspecified atom stereocenters. The molecule has 2 aliphatic heterocycles. The zero-order valence-corrected chi connectivity index (χ0v) is 11.6. The molecule has 18 heavy (non-hydrogen) atoms. The molecule has 1 aliphatic carbocycles. The number of nitrogens with one attached hydrogen (secondary N) is 1. The molecular weight excluding hydrogens is 224 g/mol. The van der Waals surface area contributed by atoms with E-state index in [9.17, 15) is 0 Å². The third-order valence-electron chi connectivity index (χ3n) is 4.70. The topological polar surface area (TPSA) is 24.5 Å². The maximum absolute atomic E-state index is 5.63. The van der Waals surface area contributed by atoms with Gasteiger partial charge in [-0.1, -0.05) is 0 Å². The highest BCUT2D eigenvalue weighted by molar-refractivity contribution is 4.88. The van der Waals surface area contributed by atoms with Gasteiger partial charge >= 0.3 is 0 Å². The van der Waals surface area contributed by atoms with Crippen molar-refractivity contribution >= 4 is 0 Å². The third-order valence-corrected chi connectivity index (χ3v) is 4.70. The van der Waals surface area contributed by atoms with E-state index in [1.807, 2.05) is 0 Å². The molecule has 104 valence electrons. The summed E-state index contributed by atoms with van der Waals surface area (Å²) in [4.78, 5) is 2.79. The molecule has 2 atom stereocenters. The van der Waals surface area contributed by atoms with Crippen molar-refractivity contribution in [2.24, 2.45) is 11.8 Å². The normalized spacial score (nSPS) is 33.8. The Morgan fingerprint density at radius 3 is 2.50 bits per heavy atom. The monoisotopic (exact) mass is 252 g/mol. The lowest BCUT2D eigenvalue weighted by Crippen LogP contribution is -2.42. The first-order valence-electron chi connectivity index (χ1n) is 7.94. The zero-order chi connectivity index (χ0) is 12.2. The van der Waals surface area contributed by atoms with Crippen LogP contribution in [0.25, 0.3) is 0 Å². The lowest BCUT2D eigenvalue weighted by molar-refractivity contribution is 0.0338. The molecular formula is C15H28N2O. The Labute approximate surface area is 111 Å². The second-order valence-electron chi connectivity index (χ2n) is 6.48.